The molecule has 8 nitrogen and oxygen atoms in total. The van der Waals surface area contributed by atoms with E-state index in [9.17, 15) is 0 Å². The van der Waals surface area contributed by atoms with Gasteiger partial charge < -0.3 is 36.6 Å². The Labute approximate surface area is 588 Å². The summed E-state index contributed by atoms with van der Waals surface area (Å²) in [6.45, 7) is 13.7. The van der Waals surface area contributed by atoms with Crippen molar-refractivity contribution >= 4 is 154 Å². The predicted octanol–water partition coefficient (Wildman–Crippen LogP) is 27.2. The van der Waals surface area contributed by atoms with E-state index >= 15 is 0 Å². The van der Waals surface area contributed by atoms with Gasteiger partial charge in [0.05, 0.1) is 22.1 Å². The number of anilines is 6. The van der Waals surface area contributed by atoms with Gasteiger partial charge in [0.15, 0.2) is 0 Å². The number of nitrogens with zero attached hydrogens (tertiary/aromatic N) is 4. The minimum absolute atomic E-state index is 0.0331. The molecule has 6 aromatic heterocycles. The average molecular weight is 1320 g/mol. The lowest BCUT2D eigenvalue weighted by Crippen LogP contribution is -2.11. The summed E-state index contributed by atoms with van der Waals surface area (Å²) in [5, 5.41) is 13.5. The zero-order valence-corrected chi connectivity index (χ0v) is 57.3. The van der Waals surface area contributed by atoms with Crippen LogP contribution in [-0.2, 0) is 10.8 Å². The standard InChI is InChI=1S/C94H68N4O4/c1-93(2,3)61-27-35-65(36-28-61)97-79-49-47-76-75(91(79)77-45-41-67(53-81(77)97)95(69-39-43-73-71-17-9-13-21-85(71)101-89(73)55-69)63-31-23-57(24-32-63)87-51-59-15-7-11-19-83(59)99-87)48-50-80-92(76)78-46-42-68(54-82(78)98(80)66-37-29-62(30-38-66)94(4,5)6)96(70-40-44-74-72-18-10-14-22-86(72)102-90(74)56-70)64-33-25-58(26-34-64)88-52-60-16-8-12-20-84(60)100-88/h7-56H,1-6H3. The van der Waals surface area contributed by atoms with Crippen molar-refractivity contribution in [1.29, 1.82) is 0 Å². The summed E-state index contributed by atoms with van der Waals surface area (Å²) in [6, 6.07) is 110. The third-order valence-electron chi connectivity index (χ3n) is 21.0. The Balaban J connectivity index is 0.797. The molecule has 20 rings (SSSR count). The van der Waals surface area contributed by atoms with E-state index in [1.807, 2.05) is 48.5 Å². The van der Waals surface area contributed by atoms with Crippen LogP contribution in [0.5, 0.6) is 0 Å². The summed E-state index contributed by atoms with van der Waals surface area (Å²) in [5.41, 5.74) is 22.1. The molecule has 0 aliphatic heterocycles. The number of rotatable bonds is 10. The van der Waals surface area contributed by atoms with Gasteiger partial charge in [-0.3, -0.25) is 0 Å². The van der Waals surface area contributed by atoms with E-state index in [0.717, 1.165) is 167 Å². The molecule has 488 valence electrons. The largest absolute Gasteiger partial charge is 0.456 e. The molecule has 0 bridgehead atoms. The maximum atomic E-state index is 6.63. The Morgan fingerprint density at radius 2 is 0.578 bits per heavy atom. The maximum absolute atomic E-state index is 6.63. The minimum atomic E-state index is -0.0331. The van der Waals surface area contributed by atoms with Crippen LogP contribution in [0.2, 0.25) is 0 Å². The molecule has 102 heavy (non-hydrogen) atoms. The van der Waals surface area contributed by atoms with E-state index in [1.54, 1.807) is 0 Å². The lowest BCUT2D eigenvalue weighted by Gasteiger charge is -2.26. The highest BCUT2D eigenvalue weighted by atomic mass is 16.3. The van der Waals surface area contributed by atoms with Crippen molar-refractivity contribution in [2.75, 3.05) is 9.80 Å². The molecule has 14 aromatic carbocycles. The molecule has 0 saturated heterocycles. The van der Waals surface area contributed by atoms with E-state index in [4.69, 9.17) is 17.7 Å². The summed E-state index contributed by atoms with van der Waals surface area (Å²) < 4.78 is 31.0. The summed E-state index contributed by atoms with van der Waals surface area (Å²) in [4.78, 5) is 4.71. The summed E-state index contributed by atoms with van der Waals surface area (Å²) in [6.07, 6.45) is 0. The fourth-order valence-corrected chi connectivity index (χ4v) is 15.9. The van der Waals surface area contributed by atoms with Gasteiger partial charge in [-0.25, -0.2) is 0 Å². The second-order valence-electron chi connectivity index (χ2n) is 29.3. The van der Waals surface area contributed by atoms with Gasteiger partial charge in [-0.1, -0.05) is 163 Å². The van der Waals surface area contributed by atoms with E-state index in [1.165, 1.54) is 32.7 Å². The van der Waals surface area contributed by atoms with Crippen molar-refractivity contribution in [3.05, 3.63) is 314 Å². The number of benzene rings is 14. The highest BCUT2D eigenvalue weighted by Gasteiger charge is 2.26. The molecule has 0 atom stereocenters. The second-order valence-corrected chi connectivity index (χ2v) is 29.3. The molecular weight excluding hydrogens is 1250 g/mol. The second kappa shape index (κ2) is 22.4. The van der Waals surface area contributed by atoms with Gasteiger partial charge in [0.25, 0.3) is 0 Å². The van der Waals surface area contributed by atoms with Crippen LogP contribution in [0.1, 0.15) is 52.7 Å². The van der Waals surface area contributed by atoms with E-state index in [2.05, 4.69) is 315 Å². The van der Waals surface area contributed by atoms with Crippen LogP contribution >= 0.6 is 0 Å². The van der Waals surface area contributed by atoms with Gasteiger partial charge in [0, 0.05) is 123 Å². The zero-order chi connectivity index (χ0) is 68.3. The van der Waals surface area contributed by atoms with Crippen molar-refractivity contribution < 1.29 is 17.7 Å². The molecule has 0 aliphatic carbocycles. The predicted molar refractivity (Wildman–Crippen MR) is 424 cm³/mol. The average Bonchev–Trinajstić information content (AvgIpc) is 1.54. The van der Waals surface area contributed by atoms with Gasteiger partial charge in [-0.15, -0.1) is 0 Å². The first-order valence-electron chi connectivity index (χ1n) is 35.1. The lowest BCUT2D eigenvalue weighted by atomic mass is 9.87. The molecule has 0 spiro atoms. The Morgan fingerprint density at radius 3 is 0.971 bits per heavy atom. The van der Waals surface area contributed by atoms with Gasteiger partial charge in [-0.2, -0.15) is 0 Å². The normalized spacial score (nSPS) is 12.4. The van der Waals surface area contributed by atoms with Crippen molar-refractivity contribution in [3.8, 4) is 34.0 Å². The molecule has 8 heteroatoms. The fourth-order valence-electron chi connectivity index (χ4n) is 15.9. The SMILES string of the molecule is CC(C)(C)c1ccc(-n2c3cc(N(c4ccc(-c5cc6ccccc6o5)cc4)c4ccc5c(c4)oc4ccccc45)ccc3c3c4ccc5c(c4ccc32)c2ccc(N(c3ccc(-c4cc6ccccc6o4)cc3)c3ccc4c(c3)oc3ccccc34)cc2n5-c2ccc(C(C)(C)C)cc2)cc1. The third kappa shape index (κ3) is 9.50. The quantitative estimate of drug-likeness (QED) is 0.136. The van der Waals surface area contributed by atoms with Gasteiger partial charge in [0.1, 0.15) is 45.0 Å². The first-order chi connectivity index (χ1) is 49.8. The zero-order valence-electron chi connectivity index (χ0n) is 57.3. The van der Waals surface area contributed by atoms with Crippen LogP contribution in [0.25, 0.3) is 154 Å². The number of fused-ring (bicyclic) bond motifs is 17. The Bertz CT molecular complexity index is 6280. The molecule has 0 radical (unpaired) electrons. The molecule has 0 aliphatic rings. The number of furan rings is 4. The van der Waals surface area contributed by atoms with Crippen molar-refractivity contribution in [2.24, 2.45) is 0 Å². The van der Waals surface area contributed by atoms with Crippen LogP contribution < -0.4 is 9.80 Å². The Morgan fingerprint density at radius 1 is 0.245 bits per heavy atom. The molecule has 20 aromatic rings. The highest BCUT2D eigenvalue weighted by molar-refractivity contribution is 6.30. The van der Waals surface area contributed by atoms with Gasteiger partial charge in [0.2, 0.25) is 0 Å². The van der Waals surface area contributed by atoms with Gasteiger partial charge >= 0.3 is 0 Å². The monoisotopic (exact) mass is 1320 g/mol. The minimum Gasteiger partial charge on any atom is -0.456 e. The fraction of sp³-hybridized carbons (Fsp3) is 0.0851. The molecule has 0 unspecified atom stereocenters. The maximum Gasteiger partial charge on any atom is 0.137 e. The van der Waals surface area contributed by atoms with Crippen molar-refractivity contribution in [2.45, 2.75) is 52.4 Å². The molecule has 0 saturated carbocycles. The summed E-state index contributed by atoms with van der Waals surface area (Å²) in [5.74, 6) is 1.65. The Kier molecular flexibility index (Phi) is 13.0. The van der Waals surface area contributed by atoms with Crippen LogP contribution in [0.4, 0.5) is 34.1 Å². The molecule has 0 N–H and O–H groups in total. The lowest BCUT2D eigenvalue weighted by molar-refractivity contribution is 0.590. The number of hydrogen-bond acceptors (Lipinski definition) is 6. The van der Waals surface area contributed by atoms with Crippen molar-refractivity contribution in [1.82, 2.24) is 9.13 Å². The highest BCUT2D eigenvalue weighted by Crippen LogP contribution is 2.49. The number of aromatic nitrogens is 2. The van der Waals surface area contributed by atoms with E-state index in [0.29, 0.717) is 0 Å². The summed E-state index contributed by atoms with van der Waals surface area (Å²) >= 11 is 0. The number of para-hydroxylation sites is 4. The molecular formula is C94H68N4O4. The molecule has 0 amide bonds. The van der Waals surface area contributed by atoms with E-state index in [-0.39, 0.29) is 10.8 Å². The van der Waals surface area contributed by atoms with Crippen LogP contribution in [0.15, 0.2) is 321 Å². The van der Waals surface area contributed by atoms with E-state index < -0.39 is 0 Å². The first-order valence-corrected chi connectivity index (χ1v) is 35.1. The van der Waals surface area contributed by atoms with Crippen LogP contribution in [-0.4, -0.2) is 9.13 Å². The molecule has 0 fully saturated rings. The topological polar surface area (TPSA) is 68.9 Å². The van der Waals surface area contributed by atoms with Crippen molar-refractivity contribution in [3.63, 3.8) is 0 Å². The summed E-state index contributed by atoms with van der Waals surface area (Å²) in [7, 11) is 0. The van der Waals surface area contributed by atoms with Crippen LogP contribution in [0.3, 0.4) is 0 Å². The Hall–Kier alpha value is -12.8. The first kappa shape index (κ1) is 59.3. The third-order valence-corrected chi connectivity index (χ3v) is 21.0. The smallest absolute Gasteiger partial charge is 0.137 e. The molecule has 6 heterocycles. The van der Waals surface area contributed by atoms with Gasteiger partial charge in [-0.05, 0) is 203 Å². The van der Waals surface area contributed by atoms with Crippen LogP contribution in [0, 0.1) is 0 Å². The number of hydrogen-bond donors (Lipinski definition) is 0.